The summed E-state index contributed by atoms with van der Waals surface area (Å²) in [5.74, 6) is 0.314. The van der Waals surface area contributed by atoms with Gasteiger partial charge in [-0.1, -0.05) is 54.6 Å². The van der Waals surface area contributed by atoms with Gasteiger partial charge in [-0.2, -0.15) is 0 Å². The third-order valence-electron chi connectivity index (χ3n) is 4.86. The van der Waals surface area contributed by atoms with Crippen LogP contribution in [0.4, 0.5) is 0 Å². The van der Waals surface area contributed by atoms with E-state index in [9.17, 15) is 5.11 Å². The summed E-state index contributed by atoms with van der Waals surface area (Å²) in [5.41, 5.74) is 3.48. The number of hydrogen-bond donors (Lipinski definition) is 3. The van der Waals surface area contributed by atoms with Gasteiger partial charge in [-0.15, -0.1) is 11.3 Å². The van der Waals surface area contributed by atoms with Crippen molar-refractivity contribution in [1.29, 1.82) is 0 Å². The quantitative estimate of drug-likeness (QED) is 0.461. The molecule has 2 heterocycles. The van der Waals surface area contributed by atoms with Gasteiger partial charge in [0, 0.05) is 22.0 Å². The van der Waals surface area contributed by atoms with Crippen molar-refractivity contribution in [3.63, 3.8) is 0 Å². The first kappa shape index (κ1) is 17.0. The van der Waals surface area contributed by atoms with Crippen LogP contribution in [0.1, 0.15) is 28.0 Å². The van der Waals surface area contributed by atoms with Gasteiger partial charge in [0.15, 0.2) is 0 Å². The summed E-state index contributed by atoms with van der Waals surface area (Å²) in [6, 6.07) is 22.7. The van der Waals surface area contributed by atoms with Gasteiger partial charge in [-0.25, -0.2) is 0 Å². The highest BCUT2D eigenvalue weighted by atomic mass is 32.1. The van der Waals surface area contributed by atoms with Gasteiger partial charge in [-0.3, -0.25) is 0 Å². The molecule has 2 aromatic carbocycles. The van der Waals surface area contributed by atoms with Crippen LogP contribution in [-0.2, 0) is 0 Å². The summed E-state index contributed by atoms with van der Waals surface area (Å²) < 4.78 is 0. The van der Waals surface area contributed by atoms with Crippen molar-refractivity contribution in [3.05, 3.63) is 94.3 Å². The van der Waals surface area contributed by atoms with E-state index >= 15 is 0 Å². The number of hydrogen-bond acceptors (Lipinski definition) is 2. The number of thiophene rings is 1. The van der Waals surface area contributed by atoms with E-state index in [4.69, 9.17) is 0 Å². The molecule has 4 heteroatoms. The minimum Gasteiger partial charge on any atom is -0.382 e. The molecule has 132 valence electrons. The van der Waals surface area contributed by atoms with E-state index in [1.54, 1.807) is 11.3 Å². The number of fused-ring (bicyclic) bond motifs is 1. The van der Waals surface area contributed by atoms with Gasteiger partial charge < -0.3 is 15.4 Å². The van der Waals surface area contributed by atoms with E-state index in [2.05, 4.69) is 58.3 Å². The molecule has 0 aliphatic carbocycles. The topological polar surface area (TPSA) is 52.6 Å². The number of H-pyrrole nitrogens is 1. The Morgan fingerprint density at radius 2 is 1.73 bits per heavy atom. The van der Waals surface area contributed by atoms with Crippen LogP contribution in [0.15, 0.2) is 78.3 Å². The number of para-hydroxylation sites is 1. The Hall–Kier alpha value is -2.40. The van der Waals surface area contributed by atoms with E-state index in [-0.39, 0.29) is 0 Å². The van der Waals surface area contributed by atoms with E-state index < -0.39 is 6.10 Å². The number of aliphatic hydroxyl groups excluding tert-OH is 1. The second-order valence-electron chi connectivity index (χ2n) is 6.54. The molecule has 0 aliphatic heterocycles. The predicted molar refractivity (Wildman–Crippen MR) is 108 cm³/mol. The number of aromatic amines is 1. The van der Waals surface area contributed by atoms with Gasteiger partial charge in [0.25, 0.3) is 0 Å². The SMILES string of the molecule is O[C@@H](C[NH2+]C[C@H](c1cccs1)c1c[nH]c2ccccc12)c1ccccc1. The molecule has 0 spiro atoms. The Labute approximate surface area is 157 Å². The maximum atomic E-state index is 10.4. The fourth-order valence-corrected chi connectivity index (χ4v) is 4.36. The molecule has 2 atom stereocenters. The molecule has 2 aromatic heterocycles. The molecule has 4 N–H and O–H groups in total. The molecule has 26 heavy (non-hydrogen) atoms. The Kier molecular flexibility index (Phi) is 5.16. The first-order chi connectivity index (χ1) is 12.8. The summed E-state index contributed by atoms with van der Waals surface area (Å²) in [4.78, 5) is 4.76. The van der Waals surface area contributed by atoms with Crippen molar-refractivity contribution in [2.75, 3.05) is 13.1 Å². The highest BCUT2D eigenvalue weighted by molar-refractivity contribution is 7.10. The van der Waals surface area contributed by atoms with Crippen molar-refractivity contribution < 1.29 is 10.4 Å². The van der Waals surface area contributed by atoms with Crippen molar-refractivity contribution >= 4 is 22.2 Å². The molecular formula is C22H23N2OS+. The van der Waals surface area contributed by atoms with Gasteiger partial charge in [0.05, 0.1) is 12.5 Å². The third kappa shape index (κ3) is 3.58. The van der Waals surface area contributed by atoms with E-state index in [1.807, 2.05) is 30.3 Å². The second kappa shape index (κ2) is 7.87. The Morgan fingerprint density at radius 1 is 0.923 bits per heavy atom. The summed E-state index contributed by atoms with van der Waals surface area (Å²) in [5, 5.41) is 16.1. The zero-order valence-corrected chi connectivity index (χ0v) is 15.3. The maximum absolute atomic E-state index is 10.4. The van der Waals surface area contributed by atoms with Crippen LogP contribution in [0.25, 0.3) is 10.9 Å². The lowest BCUT2D eigenvalue weighted by atomic mass is 9.96. The van der Waals surface area contributed by atoms with E-state index in [0.29, 0.717) is 12.5 Å². The Bertz CT molecular complexity index is 947. The third-order valence-corrected chi connectivity index (χ3v) is 5.85. The lowest BCUT2D eigenvalue weighted by Crippen LogP contribution is -2.86. The fraction of sp³-hybridized carbons (Fsp3) is 0.182. The average Bonchev–Trinajstić information content (AvgIpc) is 3.36. The number of rotatable bonds is 7. The molecule has 0 amide bonds. The van der Waals surface area contributed by atoms with E-state index in [0.717, 1.165) is 12.1 Å². The first-order valence-electron chi connectivity index (χ1n) is 8.97. The zero-order chi connectivity index (χ0) is 17.8. The van der Waals surface area contributed by atoms with Gasteiger partial charge in [-0.05, 0) is 28.6 Å². The van der Waals surface area contributed by atoms with Crippen LogP contribution < -0.4 is 5.32 Å². The summed E-state index contributed by atoms with van der Waals surface area (Å²) in [7, 11) is 0. The van der Waals surface area contributed by atoms with Crippen LogP contribution in [0.3, 0.4) is 0 Å². The van der Waals surface area contributed by atoms with Crippen molar-refractivity contribution in [2.24, 2.45) is 0 Å². The number of quaternary nitrogens is 1. The van der Waals surface area contributed by atoms with Crippen LogP contribution in [0, 0.1) is 0 Å². The number of nitrogens with one attached hydrogen (secondary N) is 1. The monoisotopic (exact) mass is 363 g/mol. The Balaban J connectivity index is 1.52. The number of aromatic nitrogens is 1. The molecule has 0 saturated carbocycles. The molecule has 0 fully saturated rings. The second-order valence-corrected chi connectivity index (χ2v) is 7.52. The van der Waals surface area contributed by atoms with Crippen LogP contribution in [0.2, 0.25) is 0 Å². The van der Waals surface area contributed by atoms with Crippen LogP contribution >= 0.6 is 11.3 Å². The van der Waals surface area contributed by atoms with Crippen molar-refractivity contribution in [3.8, 4) is 0 Å². The summed E-state index contributed by atoms with van der Waals surface area (Å²) in [6.45, 7) is 1.57. The molecule has 0 saturated heterocycles. The van der Waals surface area contributed by atoms with Crippen LogP contribution in [0.5, 0.6) is 0 Å². The molecular weight excluding hydrogens is 340 g/mol. The maximum Gasteiger partial charge on any atom is 0.128 e. The molecule has 0 unspecified atom stereocenters. The Morgan fingerprint density at radius 3 is 2.54 bits per heavy atom. The average molecular weight is 364 g/mol. The highest BCUT2D eigenvalue weighted by Crippen LogP contribution is 2.32. The van der Waals surface area contributed by atoms with Gasteiger partial charge in [0.2, 0.25) is 0 Å². The lowest BCUT2D eigenvalue weighted by Gasteiger charge is -2.16. The highest BCUT2D eigenvalue weighted by Gasteiger charge is 2.21. The molecule has 4 aromatic rings. The standard InChI is InChI=1S/C22H22N2OS/c25-21(16-7-2-1-3-8-16)15-23-13-19(22-11-6-12-26-22)18-14-24-20-10-5-4-9-17(18)20/h1-12,14,19,21,23-25H,13,15H2/p+1/t19-,21-/m0/s1. The minimum absolute atomic E-state index is 0.314. The molecule has 3 nitrogen and oxygen atoms in total. The van der Waals surface area contributed by atoms with Gasteiger partial charge >= 0.3 is 0 Å². The van der Waals surface area contributed by atoms with Crippen molar-refractivity contribution in [2.45, 2.75) is 12.0 Å². The summed E-state index contributed by atoms with van der Waals surface area (Å²) in [6.07, 6.45) is 1.69. The molecule has 0 radical (unpaired) electrons. The van der Waals surface area contributed by atoms with Crippen LogP contribution in [-0.4, -0.2) is 23.2 Å². The molecule has 0 bridgehead atoms. The van der Waals surface area contributed by atoms with Gasteiger partial charge in [0.1, 0.15) is 12.6 Å². The minimum atomic E-state index is -0.442. The largest absolute Gasteiger partial charge is 0.382 e. The molecule has 4 rings (SSSR count). The lowest BCUT2D eigenvalue weighted by molar-refractivity contribution is -0.663. The smallest absolute Gasteiger partial charge is 0.128 e. The van der Waals surface area contributed by atoms with E-state index in [1.165, 1.54) is 21.3 Å². The number of nitrogens with two attached hydrogens (primary N) is 1. The zero-order valence-electron chi connectivity index (χ0n) is 14.5. The molecule has 0 aliphatic rings. The first-order valence-corrected chi connectivity index (χ1v) is 9.85. The van der Waals surface area contributed by atoms with Crippen molar-refractivity contribution in [1.82, 2.24) is 4.98 Å². The number of aliphatic hydroxyl groups is 1. The summed E-state index contributed by atoms with van der Waals surface area (Å²) >= 11 is 1.80. The fourth-order valence-electron chi connectivity index (χ4n) is 3.50. The predicted octanol–water partition coefficient (Wildman–Crippen LogP) is 3.66. The normalized spacial score (nSPS) is 13.7. The number of benzene rings is 2.